The molecule has 3 aliphatic rings. The summed E-state index contributed by atoms with van der Waals surface area (Å²) in [7, 11) is 0. The first-order valence-corrected chi connectivity index (χ1v) is 7.80. The number of piperidine rings is 1. The van der Waals surface area contributed by atoms with E-state index in [0.717, 1.165) is 50.4 Å². The van der Waals surface area contributed by atoms with Gasteiger partial charge in [0.1, 0.15) is 5.60 Å². The summed E-state index contributed by atoms with van der Waals surface area (Å²) in [4.78, 5) is 13.7. The fourth-order valence-corrected chi connectivity index (χ4v) is 3.35. The summed E-state index contributed by atoms with van der Waals surface area (Å²) < 4.78 is 16.2. The number of amides is 1. The fourth-order valence-electron chi connectivity index (χ4n) is 3.35. The Kier molecular flexibility index (Phi) is 3.33. The SMILES string of the molecule is O=C1NCC2(CCN(CCc3ccc4c(c3)OCO4)CC2)O1. The van der Waals surface area contributed by atoms with E-state index in [9.17, 15) is 4.79 Å². The molecule has 1 aromatic rings. The molecule has 1 spiro atoms. The van der Waals surface area contributed by atoms with E-state index in [-0.39, 0.29) is 11.7 Å². The standard InChI is InChI=1S/C16H20N2O4/c19-15-17-10-16(22-15)4-7-18(8-5-16)6-3-12-1-2-13-14(9-12)21-11-20-13/h1-2,9H,3-8,10-11H2,(H,17,19). The van der Waals surface area contributed by atoms with E-state index < -0.39 is 0 Å². The average molecular weight is 304 g/mol. The number of carbonyl (C=O) groups excluding carboxylic acids is 1. The molecule has 0 radical (unpaired) electrons. The van der Waals surface area contributed by atoms with Crippen LogP contribution in [0.5, 0.6) is 11.5 Å². The first-order valence-electron chi connectivity index (χ1n) is 7.80. The molecule has 1 aromatic carbocycles. The van der Waals surface area contributed by atoms with Crippen LogP contribution in [-0.2, 0) is 11.2 Å². The number of hydrogen-bond donors (Lipinski definition) is 1. The summed E-state index contributed by atoms with van der Waals surface area (Å²) in [6.07, 6.45) is 2.54. The topological polar surface area (TPSA) is 60.0 Å². The van der Waals surface area contributed by atoms with Gasteiger partial charge in [-0.2, -0.15) is 0 Å². The Morgan fingerprint density at radius 3 is 2.77 bits per heavy atom. The third-order valence-electron chi connectivity index (χ3n) is 4.79. The quantitative estimate of drug-likeness (QED) is 0.918. The number of hydrogen-bond acceptors (Lipinski definition) is 5. The van der Waals surface area contributed by atoms with Crippen LogP contribution in [-0.4, -0.2) is 49.6 Å². The van der Waals surface area contributed by atoms with E-state index >= 15 is 0 Å². The first-order chi connectivity index (χ1) is 10.7. The maximum absolute atomic E-state index is 11.2. The highest BCUT2D eigenvalue weighted by Crippen LogP contribution is 2.33. The monoisotopic (exact) mass is 304 g/mol. The van der Waals surface area contributed by atoms with Crippen molar-refractivity contribution in [3.8, 4) is 11.5 Å². The van der Waals surface area contributed by atoms with Crippen LogP contribution in [0.4, 0.5) is 4.79 Å². The van der Waals surface area contributed by atoms with Gasteiger partial charge in [0.2, 0.25) is 6.79 Å². The van der Waals surface area contributed by atoms with Gasteiger partial charge in [-0.3, -0.25) is 0 Å². The van der Waals surface area contributed by atoms with Gasteiger partial charge in [-0.15, -0.1) is 0 Å². The van der Waals surface area contributed by atoms with Gasteiger partial charge in [-0.25, -0.2) is 4.79 Å². The van der Waals surface area contributed by atoms with Crippen LogP contribution in [0, 0.1) is 0 Å². The van der Waals surface area contributed by atoms with Crippen molar-refractivity contribution in [2.45, 2.75) is 24.9 Å². The second kappa shape index (κ2) is 5.35. The van der Waals surface area contributed by atoms with Crippen LogP contribution in [0.15, 0.2) is 18.2 Å². The predicted molar refractivity (Wildman–Crippen MR) is 79.2 cm³/mol. The Hall–Kier alpha value is -1.95. The summed E-state index contributed by atoms with van der Waals surface area (Å²) in [6, 6.07) is 6.14. The zero-order valence-corrected chi connectivity index (χ0v) is 12.5. The Labute approximate surface area is 129 Å². The molecule has 0 aliphatic carbocycles. The predicted octanol–water partition coefficient (Wildman–Crippen LogP) is 1.53. The Bertz CT molecular complexity index is 582. The molecular weight excluding hydrogens is 284 g/mol. The number of likely N-dealkylation sites (tertiary alicyclic amines) is 1. The number of carbonyl (C=O) groups is 1. The van der Waals surface area contributed by atoms with Crippen LogP contribution >= 0.6 is 0 Å². The number of fused-ring (bicyclic) bond motifs is 1. The molecule has 0 aromatic heterocycles. The highest BCUT2D eigenvalue weighted by atomic mass is 16.7. The molecule has 1 amide bonds. The van der Waals surface area contributed by atoms with Gasteiger partial charge in [0.05, 0.1) is 6.54 Å². The average Bonchev–Trinajstić information content (AvgIpc) is 3.13. The third kappa shape index (κ3) is 2.59. The molecule has 6 heteroatoms. The molecule has 0 bridgehead atoms. The maximum Gasteiger partial charge on any atom is 0.407 e. The zero-order valence-electron chi connectivity index (χ0n) is 12.5. The molecule has 2 saturated heterocycles. The van der Waals surface area contributed by atoms with E-state index in [2.05, 4.69) is 22.3 Å². The van der Waals surface area contributed by atoms with E-state index in [1.807, 2.05) is 6.07 Å². The van der Waals surface area contributed by atoms with E-state index in [0.29, 0.717) is 13.3 Å². The number of ether oxygens (including phenoxy) is 3. The molecule has 4 rings (SSSR count). The minimum Gasteiger partial charge on any atom is -0.454 e. The fraction of sp³-hybridized carbons (Fsp3) is 0.562. The zero-order chi connectivity index (χ0) is 15.0. The highest BCUT2D eigenvalue weighted by molar-refractivity contribution is 5.70. The molecule has 0 saturated carbocycles. The maximum atomic E-state index is 11.2. The summed E-state index contributed by atoms with van der Waals surface area (Å²) in [5.41, 5.74) is 1.00. The summed E-state index contributed by atoms with van der Waals surface area (Å²) >= 11 is 0. The molecule has 1 N–H and O–H groups in total. The normalized spacial score (nSPS) is 22.6. The van der Waals surface area contributed by atoms with Crippen LogP contribution < -0.4 is 14.8 Å². The lowest BCUT2D eigenvalue weighted by Crippen LogP contribution is -2.47. The van der Waals surface area contributed by atoms with Crippen LogP contribution in [0.1, 0.15) is 18.4 Å². The molecular formula is C16H20N2O4. The van der Waals surface area contributed by atoms with Crippen LogP contribution in [0.2, 0.25) is 0 Å². The number of nitrogens with zero attached hydrogens (tertiary/aromatic N) is 1. The van der Waals surface area contributed by atoms with Gasteiger partial charge in [0, 0.05) is 32.5 Å². The smallest absolute Gasteiger partial charge is 0.407 e. The Balaban J connectivity index is 1.29. The molecule has 6 nitrogen and oxygen atoms in total. The summed E-state index contributed by atoms with van der Waals surface area (Å²) in [5, 5.41) is 2.77. The lowest BCUT2D eigenvalue weighted by molar-refractivity contribution is 0.00123. The van der Waals surface area contributed by atoms with Gasteiger partial charge in [-0.1, -0.05) is 6.07 Å². The number of rotatable bonds is 3. The molecule has 0 atom stereocenters. The van der Waals surface area contributed by atoms with Crippen molar-refractivity contribution >= 4 is 6.09 Å². The number of benzene rings is 1. The molecule has 0 unspecified atom stereocenters. The molecule has 2 fully saturated rings. The van der Waals surface area contributed by atoms with E-state index in [4.69, 9.17) is 14.2 Å². The van der Waals surface area contributed by atoms with Crippen molar-refractivity contribution in [1.29, 1.82) is 0 Å². The lowest BCUT2D eigenvalue weighted by atomic mass is 9.91. The largest absolute Gasteiger partial charge is 0.454 e. The van der Waals surface area contributed by atoms with Crippen molar-refractivity contribution in [2.75, 3.05) is 33.0 Å². The summed E-state index contributed by atoms with van der Waals surface area (Å²) in [6.45, 7) is 3.93. The third-order valence-corrected chi connectivity index (χ3v) is 4.79. The minimum atomic E-state index is -0.270. The van der Waals surface area contributed by atoms with Gasteiger partial charge < -0.3 is 24.4 Å². The van der Waals surface area contributed by atoms with Crippen molar-refractivity contribution in [2.24, 2.45) is 0 Å². The Morgan fingerprint density at radius 1 is 1.18 bits per heavy atom. The second-order valence-corrected chi connectivity index (χ2v) is 6.21. The second-order valence-electron chi connectivity index (χ2n) is 6.21. The van der Waals surface area contributed by atoms with Crippen molar-refractivity contribution in [1.82, 2.24) is 10.2 Å². The van der Waals surface area contributed by atoms with Gasteiger partial charge in [-0.05, 0) is 24.1 Å². The molecule has 118 valence electrons. The highest BCUT2D eigenvalue weighted by Gasteiger charge is 2.42. The van der Waals surface area contributed by atoms with Gasteiger partial charge in [0.25, 0.3) is 0 Å². The van der Waals surface area contributed by atoms with Crippen molar-refractivity contribution in [3.05, 3.63) is 23.8 Å². The van der Waals surface area contributed by atoms with Crippen molar-refractivity contribution in [3.63, 3.8) is 0 Å². The molecule has 3 heterocycles. The van der Waals surface area contributed by atoms with Crippen LogP contribution in [0.25, 0.3) is 0 Å². The lowest BCUT2D eigenvalue weighted by Gasteiger charge is -2.37. The number of nitrogens with one attached hydrogen (secondary N) is 1. The molecule has 22 heavy (non-hydrogen) atoms. The van der Waals surface area contributed by atoms with Crippen molar-refractivity contribution < 1.29 is 19.0 Å². The Morgan fingerprint density at radius 2 is 2.00 bits per heavy atom. The van der Waals surface area contributed by atoms with E-state index in [1.165, 1.54) is 5.56 Å². The minimum absolute atomic E-state index is 0.258. The summed E-state index contributed by atoms with van der Waals surface area (Å²) in [5.74, 6) is 1.68. The number of alkyl carbamates (subject to hydrolysis) is 1. The van der Waals surface area contributed by atoms with Gasteiger partial charge in [0.15, 0.2) is 11.5 Å². The molecule has 3 aliphatic heterocycles. The first kappa shape index (κ1) is 13.7. The van der Waals surface area contributed by atoms with E-state index in [1.54, 1.807) is 0 Å². The van der Waals surface area contributed by atoms with Crippen LogP contribution in [0.3, 0.4) is 0 Å². The van der Waals surface area contributed by atoms with Gasteiger partial charge >= 0.3 is 6.09 Å².